The fraction of sp³-hybridized carbons (Fsp3) is 0.333. The number of sulfonamides is 1. The molecule has 0 heterocycles. The Labute approximate surface area is 108 Å². The Balaban J connectivity index is 2.82. The molecule has 0 saturated heterocycles. The SMILES string of the molecule is Cc1ccc(S(=O)(=O)NC/C=C/CCl)cc1C. The van der Waals surface area contributed by atoms with Crippen LogP contribution in [-0.2, 0) is 10.0 Å². The highest BCUT2D eigenvalue weighted by Crippen LogP contribution is 2.14. The van der Waals surface area contributed by atoms with Gasteiger partial charge < -0.3 is 0 Å². The van der Waals surface area contributed by atoms with Crippen LogP contribution < -0.4 is 4.72 Å². The predicted molar refractivity (Wildman–Crippen MR) is 71.0 cm³/mol. The monoisotopic (exact) mass is 273 g/mol. The van der Waals surface area contributed by atoms with E-state index in [2.05, 4.69) is 4.72 Å². The van der Waals surface area contributed by atoms with Crippen molar-refractivity contribution in [3.63, 3.8) is 0 Å². The predicted octanol–water partition coefficient (Wildman–Crippen LogP) is 2.38. The summed E-state index contributed by atoms with van der Waals surface area (Å²) >= 11 is 5.44. The largest absolute Gasteiger partial charge is 0.240 e. The number of hydrogen-bond donors (Lipinski definition) is 1. The number of rotatable bonds is 5. The van der Waals surface area contributed by atoms with E-state index in [1.807, 2.05) is 13.8 Å². The van der Waals surface area contributed by atoms with Gasteiger partial charge >= 0.3 is 0 Å². The van der Waals surface area contributed by atoms with Crippen LogP contribution in [-0.4, -0.2) is 20.8 Å². The quantitative estimate of drug-likeness (QED) is 0.661. The zero-order valence-electron chi connectivity index (χ0n) is 9.90. The molecule has 94 valence electrons. The normalized spacial score (nSPS) is 12.2. The molecule has 0 atom stereocenters. The van der Waals surface area contributed by atoms with E-state index in [1.165, 1.54) is 0 Å². The molecule has 1 aromatic rings. The van der Waals surface area contributed by atoms with Gasteiger partial charge in [-0.25, -0.2) is 13.1 Å². The molecule has 0 aliphatic heterocycles. The number of allylic oxidation sites excluding steroid dienone is 1. The summed E-state index contributed by atoms with van der Waals surface area (Å²) in [5.41, 5.74) is 2.04. The zero-order chi connectivity index (χ0) is 12.9. The van der Waals surface area contributed by atoms with Crippen molar-refractivity contribution in [3.8, 4) is 0 Å². The average molecular weight is 274 g/mol. The fourth-order valence-electron chi connectivity index (χ4n) is 1.27. The lowest BCUT2D eigenvalue weighted by molar-refractivity contribution is 0.585. The molecule has 17 heavy (non-hydrogen) atoms. The maximum Gasteiger partial charge on any atom is 0.240 e. The zero-order valence-corrected chi connectivity index (χ0v) is 11.5. The molecule has 0 unspecified atom stereocenters. The van der Waals surface area contributed by atoms with E-state index >= 15 is 0 Å². The van der Waals surface area contributed by atoms with Crippen molar-refractivity contribution < 1.29 is 8.42 Å². The van der Waals surface area contributed by atoms with Crippen LogP contribution in [0.25, 0.3) is 0 Å². The number of aryl methyl sites for hydroxylation is 2. The molecule has 5 heteroatoms. The van der Waals surface area contributed by atoms with Gasteiger partial charge in [-0.15, -0.1) is 11.6 Å². The number of halogens is 1. The van der Waals surface area contributed by atoms with E-state index in [1.54, 1.807) is 30.4 Å². The molecular weight excluding hydrogens is 258 g/mol. The van der Waals surface area contributed by atoms with Gasteiger partial charge in [0.05, 0.1) is 4.90 Å². The highest BCUT2D eigenvalue weighted by Gasteiger charge is 2.12. The van der Waals surface area contributed by atoms with E-state index in [9.17, 15) is 8.42 Å². The standard InChI is InChI=1S/C12H16ClNO2S/c1-10-5-6-12(9-11(10)2)17(15,16)14-8-4-3-7-13/h3-6,9,14H,7-8H2,1-2H3/b4-3+. The van der Waals surface area contributed by atoms with Crippen LogP contribution in [0.3, 0.4) is 0 Å². The second-order valence-electron chi connectivity index (χ2n) is 3.72. The average Bonchev–Trinajstić information content (AvgIpc) is 2.28. The first-order valence-corrected chi connectivity index (χ1v) is 7.27. The fourth-order valence-corrected chi connectivity index (χ4v) is 2.46. The summed E-state index contributed by atoms with van der Waals surface area (Å²) in [5.74, 6) is 0.380. The lowest BCUT2D eigenvalue weighted by Gasteiger charge is -2.07. The van der Waals surface area contributed by atoms with E-state index in [0.29, 0.717) is 10.8 Å². The topological polar surface area (TPSA) is 46.2 Å². The van der Waals surface area contributed by atoms with Crippen LogP contribution >= 0.6 is 11.6 Å². The summed E-state index contributed by atoms with van der Waals surface area (Å²) in [7, 11) is -3.42. The van der Waals surface area contributed by atoms with Gasteiger partial charge in [-0.2, -0.15) is 0 Å². The van der Waals surface area contributed by atoms with Gasteiger partial charge in [0.1, 0.15) is 0 Å². The Hall–Kier alpha value is -0.840. The molecule has 1 N–H and O–H groups in total. The molecule has 0 radical (unpaired) electrons. The van der Waals surface area contributed by atoms with E-state index in [4.69, 9.17) is 11.6 Å². The van der Waals surface area contributed by atoms with Gasteiger partial charge in [0.15, 0.2) is 0 Å². The molecule has 0 aromatic heterocycles. The molecule has 0 aliphatic rings. The maximum absolute atomic E-state index is 11.9. The van der Waals surface area contributed by atoms with Gasteiger partial charge in [-0.3, -0.25) is 0 Å². The second kappa shape index (κ2) is 6.19. The summed E-state index contributed by atoms with van der Waals surface area (Å²) in [6.45, 7) is 4.09. The summed E-state index contributed by atoms with van der Waals surface area (Å²) in [5, 5.41) is 0. The number of benzene rings is 1. The minimum atomic E-state index is -3.42. The maximum atomic E-state index is 11.9. The summed E-state index contributed by atoms with van der Waals surface area (Å²) in [4.78, 5) is 0.292. The molecule has 3 nitrogen and oxygen atoms in total. The first-order valence-electron chi connectivity index (χ1n) is 5.25. The van der Waals surface area contributed by atoms with Crippen molar-refractivity contribution in [1.82, 2.24) is 4.72 Å². The Bertz CT molecular complexity index is 509. The minimum Gasteiger partial charge on any atom is -0.207 e. The summed E-state index contributed by atoms with van der Waals surface area (Å²) in [6.07, 6.45) is 3.38. The molecule has 1 aromatic carbocycles. The molecule has 0 amide bonds. The van der Waals surface area contributed by atoms with Crippen molar-refractivity contribution in [2.75, 3.05) is 12.4 Å². The van der Waals surface area contributed by atoms with Gasteiger partial charge in [-0.05, 0) is 37.1 Å². The van der Waals surface area contributed by atoms with Gasteiger partial charge in [0.2, 0.25) is 10.0 Å². The summed E-state index contributed by atoms with van der Waals surface area (Å²) < 4.78 is 26.2. The number of alkyl halides is 1. The minimum absolute atomic E-state index is 0.252. The second-order valence-corrected chi connectivity index (χ2v) is 5.80. The van der Waals surface area contributed by atoms with Crippen molar-refractivity contribution in [1.29, 1.82) is 0 Å². The van der Waals surface area contributed by atoms with Crippen molar-refractivity contribution in [2.24, 2.45) is 0 Å². The van der Waals surface area contributed by atoms with Gasteiger partial charge in [0, 0.05) is 12.4 Å². The molecule has 0 saturated carbocycles. The Morgan fingerprint density at radius 1 is 1.24 bits per heavy atom. The van der Waals surface area contributed by atoms with Gasteiger partial charge in [-0.1, -0.05) is 18.2 Å². The van der Waals surface area contributed by atoms with Crippen LogP contribution in [0.15, 0.2) is 35.2 Å². The van der Waals surface area contributed by atoms with Gasteiger partial charge in [0.25, 0.3) is 0 Å². The molecule has 0 spiro atoms. The Morgan fingerprint density at radius 3 is 2.53 bits per heavy atom. The van der Waals surface area contributed by atoms with Crippen LogP contribution in [0.2, 0.25) is 0 Å². The van der Waals surface area contributed by atoms with Crippen LogP contribution in [0.1, 0.15) is 11.1 Å². The van der Waals surface area contributed by atoms with E-state index < -0.39 is 10.0 Å². The number of nitrogens with one attached hydrogen (secondary N) is 1. The lowest BCUT2D eigenvalue weighted by Crippen LogP contribution is -2.23. The summed E-state index contributed by atoms with van der Waals surface area (Å²) in [6, 6.07) is 5.08. The van der Waals surface area contributed by atoms with Crippen molar-refractivity contribution in [2.45, 2.75) is 18.7 Å². The highest BCUT2D eigenvalue weighted by molar-refractivity contribution is 7.89. The third-order valence-corrected chi connectivity index (χ3v) is 4.04. The first-order chi connectivity index (χ1) is 7.97. The van der Waals surface area contributed by atoms with Crippen molar-refractivity contribution >= 4 is 21.6 Å². The molecule has 0 fully saturated rings. The molecule has 0 bridgehead atoms. The third-order valence-electron chi connectivity index (χ3n) is 2.44. The third kappa shape index (κ3) is 4.15. The van der Waals surface area contributed by atoms with Crippen LogP contribution in [0, 0.1) is 13.8 Å². The Morgan fingerprint density at radius 2 is 1.94 bits per heavy atom. The molecular formula is C12H16ClNO2S. The van der Waals surface area contributed by atoms with E-state index in [-0.39, 0.29) is 6.54 Å². The smallest absolute Gasteiger partial charge is 0.207 e. The molecule has 1 rings (SSSR count). The Kier molecular flexibility index (Phi) is 5.18. The van der Waals surface area contributed by atoms with Crippen LogP contribution in [0.5, 0.6) is 0 Å². The number of hydrogen-bond acceptors (Lipinski definition) is 2. The first kappa shape index (κ1) is 14.2. The van der Waals surface area contributed by atoms with Crippen LogP contribution in [0.4, 0.5) is 0 Å². The van der Waals surface area contributed by atoms with E-state index in [0.717, 1.165) is 11.1 Å². The molecule has 0 aliphatic carbocycles. The van der Waals surface area contributed by atoms with Crippen molar-refractivity contribution in [3.05, 3.63) is 41.5 Å². The lowest BCUT2D eigenvalue weighted by atomic mass is 10.1. The highest BCUT2D eigenvalue weighted by atomic mass is 35.5.